The molecule has 120 valence electrons. The van der Waals surface area contributed by atoms with Crippen molar-refractivity contribution in [3.63, 3.8) is 0 Å². The highest BCUT2D eigenvalue weighted by molar-refractivity contribution is 7.85. The minimum Gasteiger partial charge on any atom is -0.385 e. The summed E-state index contributed by atoms with van der Waals surface area (Å²) < 4.78 is 67.5. The number of rotatable bonds is 5. The number of hydrogen-bond donors (Lipinski definition) is 2. The van der Waals surface area contributed by atoms with E-state index in [0.29, 0.717) is 16.5 Å². The molecule has 0 radical (unpaired) electrons. The van der Waals surface area contributed by atoms with Crippen molar-refractivity contribution in [1.29, 1.82) is 0 Å². The molecule has 2 rings (SSSR count). The van der Waals surface area contributed by atoms with Crippen LogP contribution < -0.4 is 5.32 Å². The van der Waals surface area contributed by atoms with Gasteiger partial charge in [0.1, 0.15) is 0 Å². The first kappa shape index (κ1) is 16.6. The number of nitrogens with one attached hydrogen (secondary N) is 1. The van der Waals surface area contributed by atoms with Crippen LogP contribution in [0, 0.1) is 0 Å². The average molecular weight is 333 g/mol. The summed E-state index contributed by atoms with van der Waals surface area (Å²) in [7, 11) is -4.29. The van der Waals surface area contributed by atoms with Crippen LogP contribution in [0.25, 0.3) is 10.8 Å². The zero-order chi connectivity index (χ0) is 16.4. The molecule has 0 heterocycles. The minimum atomic E-state index is -4.29. The van der Waals surface area contributed by atoms with Gasteiger partial charge in [0.25, 0.3) is 10.1 Å². The summed E-state index contributed by atoms with van der Waals surface area (Å²) in [6.07, 6.45) is -5.09. The molecule has 0 fully saturated rings. The van der Waals surface area contributed by atoms with Gasteiger partial charge in [-0.1, -0.05) is 18.2 Å². The van der Waals surface area contributed by atoms with Crippen LogP contribution in [0.15, 0.2) is 41.3 Å². The van der Waals surface area contributed by atoms with E-state index in [1.807, 2.05) is 0 Å². The van der Waals surface area contributed by atoms with Gasteiger partial charge >= 0.3 is 6.18 Å². The van der Waals surface area contributed by atoms with Crippen LogP contribution in [0.3, 0.4) is 0 Å². The third-order valence-electron chi connectivity index (χ3n) is 3.10. The molecule has 2 aromatic carbocycles. The second kappa shape index (κ2) is 6.13. The van der Waals surface area contributed by atoms with Gasteiger partial charge in [-0.3, -0.25) is 4.55 Å². The summed E-state index contributed by atoms with van der Waals surface area (Å²) in [6.45, 7) is 0.151. The molecule has 0 unspecified atom stereocenters. The number of hydrogen-bond acceptors (Lipinski definition) is 3. The molecule has 22 heavy (non-hydrogen) atoms. The molecule has 0 amide bonds. The summed E-state index contributed by atoms with van der Waals surface area (Å²) in [4.78, 5) is -0.228. The maximum atomic E-state index is 12.1. The quantitative estimate of drug-likeness (QED) is 0.644. The Hall–Kier alpha value is -1.80. The summed E-state index contributed by atoms with van der Waals surface area (Å²) in [5.41, 5.74) is 0.613. The Kier molecular flexibility index (Phi) is 4.62. The fourth-order valence-electron chi connectivity index (χ4n) is 2.09. The maximum Gasteiger partial charge on any atom is 0.389 e. The molecule has 8 heteroatoms. The molecule has 2 N–H and O–H groups in total. The summed E-state index contributed by atoms with van der Waals surface area (Å²) in [6, 6.07) is 9.07. The van der Waals surface area contributed by atoms with Gasteiger partial charge in [-0.25, -0.2) is 0 Å². The summed E-state index contributed by atoms with van der Waals surface area (Å²) >= 11 is 0. The van der Waals surface area contributed by atoms with E-state index in [-0.39, 0.29) is 17.9 Å². The number of halogens is 3. The van der Waals surface area contributed by atoms with Crippen LogP contribution >= 0.6 is 0 Å². The van der Waals surface area contributed by atoms with Crippen molar-refractivity contribution in [2.24, 2.45) is 0 Å². The summed E-state index contributed by atoms with van der Waals surface area (Å²) in [5.74, 6) is 0. The van der Waals surface area contributed by atoms with E-state index in [1.54, 1.807) is 18.2 Å². The molecule has 2 aromatic rings. The molecule has 0 aliphatic carbocycles. The fraction of sp³-hybridized carbons (Fsp3) is 0.286. The standard InChI is InChI=1S/C14H14F3NO3S/c15-14(16,17)7-2-8-18-13-4-1-3-10-9-11(22(19,20)21)5-6-12(10)13/h1,3-6,9,18H,2,7-8H2,(H,19,20,21). The molecule has 0 atom stereocenters. The van der Waals surface area contributed by atoms with E-state index in [9.17, 15) is 21.6 Å². The molecular weight excluding hydrogens is 319 g/mol. The van der Waals surface area contributed by atoms with Crippen molar-refractivity contribution in [2.45, 2.75) is 23.9 Å². The van der Waals surface area contributed by atoms with Crippen molar-refractivity contribution in [3.05, 3.63) is 36.4 Å². The minimum absolute atomic E-state index is 0.0526. The predicted molar refractivity (Wildman–Crippen MR) is 77.5 cm³/mol. The van der Waals surface area contributed by atoms with Gasteiger partial charge in [0.15, 0.2) is 0 Å². The second-order valence-corrected chi connectivity index (χ2v) is 6.23. The Morgan fingerprint density at radius 2 is 1.86 bits per heavy atom. The lowest BCUT2D eigenvalue weighted by Crippen LogP contribution is -2.11. The van der Waals surface area contributed by atoms with Crippen LogP contribution in [0.2, 0.25) is 0 Å². The van der Waals surface area contributed by atoms with Gasteiger partial charge < -0.3 is 5.32 Å². The molecule has 0 saturated carbocycles. The monoisotopic (exact) mass is 333 g/mol. The number of alkyl halides is 3. The van der Waals surface area contributed by atoms with Gasteiger partial charge in [-0.2, -0.15) is 21.6 Å². The lowest BCUT2D eigenvalue weighted by atomic mass is 10.1. The van der Waals surface area contributed by atoms with E-state index in [1.165, 1.54) is 18.2 Å². The van der Waals surface area contributed by atoms with Crippen molar-refractivity contribution in [1.82, 2.24) is 0 Å². The Morgan fingerprint density at radius 1 is 1.14 bits per heavy atom. The lowest BCUT2D eigenvalue weighted by molar-refractivity contribution is -0.134. The van der Waals surface area contributed by atoms with Crippen molar-refractivity contribution in [3.8, 4) is 0 Å². The molecule has 0 aromatic heterocycles. The Bertz CT molecular complexity index is 772. The Labute approximate surface area is 125 Å². The highest BCUT2D eigenvalue weighted by Crippen LogP contribution is 2.26. The van der Waals surface area contributed by atoms with Gasteiger partial charge in [0.2, 0.25) is 0 Å². The van der Waals surface area contributed by atoms with E-state index >= 15 is 0 Å². The highest BCUT2D eigenvalue weighted by atomic mass is 32.2. The zero-order valence-corrected chi connectivity index (χ0v) is 12.2. The third kappa shape index (κ3) is 4.35. The highest BCUT2D eigenvalue weighted by Gasteiger charge is 2.25. The van der Waals surface area contributed by atoms with Crippen molar-refractivity contribution < 1.29 is 26.1 Å². The van der Waals surface area contributed by atoms with Gasteiger partial charge in [0, 0.05) is 24.0 Å². The largest absolute Gasteiger partial charge is 0.389 e. The predicted octanol–water partition coefficient (Wildman–Crippen LogP) is 3.84. The van der Waals surface area contributed by atoms with E-state index < -0.39 is 22.7 Å². The SMILES string of the molecule is O=S(=O)(O)c1ccc2c(NCCCC(F)(F)F)cccc2c1. The smallest absolute Gasteiger partial charge is 0.385 e. The maximum absolute atomic E-state index is 12.1. The lowest BCUT2D eigenvalue weighted by Gasteiger charge is -2.11. The molecule has 0 spiro atoms. The average Bonchev–Trinajstić information content (AvgIpc) is 2.41. The molecular formula is C14H14F3NO3S. The first-order chi connectivity index (χ1) is 10.2. The molecule has 0 bridgehead atoms. The first-order valence-electron chi connectivity index (χ1n) is 6.48. The number of anilines is 1. The van der Waals surface area contributed by atoms with E-state index in [4.69, 9.17) is 4.55 Å². The van der Waals surface area contributed by atoms with Gasteiger partial charge in [-0.05, 0) is 30.0 Å². The Morgan fingerprint density at radius 3 is 2.50 bits per heavy atom. The van der Waals surface area contributed by atoms with Crippen LogP contribution in [0.4, 0.5) is 18.9 Å². The normalized spacial score (nSPS) is 12.5. The van der Waals surface area contributed by atoms with Crippen LogP contribution in [0.1, 0.15) is 12.8 Å². The second-order valence-electron chi connectivity index (χ2n) is 4.81. The first-order valence-corrected chi connectivity index (χ1v) is 7.92. The van der Waals surface area contributed by atoms with E-state index in [0.717, 1.165) is 0 Å². The molecule has 0 saturated heterocycles. The molecule has 4 nitrogen and oxygen atoms in total. The third-order valence-corrected chi connectivity index (χ3v) is 3.95. The Balaban J connectivity index is 2.18. The van der Waals surface area contributed by atoms with Gasteiger partial charge in [-0.15, -0.1) is 0 Å². The van der Waals surface area contributed by atoms with Gasteiger partial charge in [0.05, 0.1) is 4.90 Å². The van der Waals surface area contributed by atoms with E-state index in [2.05, 4.69) is 5.32 Å². The number of fused-ring (bicyclic) bond motifs is 1. The number of benzene rings is 2. The topological polar surface area (TPSA) is 66.4 Å². The van der Waals surface area contributed by atoms with Crippen molar-refractivity contribution in [2.75, 3.05) is 11.9 Å². The zero-order valence-electron chi connectivity index (χ0n) is 11.4. The van der Waals surface area contributed by atoms with Crippen molar-refractivity contribution >= 4 is 26.6 Å². The molecule has 0 aliphatic rings. The van der Waals surface area contributed by atoms with Crippen LogP contribution in [-0.2, 0) is 10.1 Å². The fourth-order valence-corrected chi connectivity index (χ4v) is 2.60. The van der Waals surface area contributed by atoms with Crippen LogP contribution in [0.5, 0.6) is 0 Å². The summed E-state index contributed by atoms with van der Waals surface area (Å²) in [5, 5.41) is 4.14. The molecule has 0 aliphatic heterocycles. The van der Waals surface area contributed by atoms with Crippen LogP contribution in [-0.4, -0.2) is 25.7 Å².